The number of nitrogens with zero attached hydrogens (tertiary/aromatic N) is 1. The number of carbonyl (C=O) groups excluding carboxylic acids is 1. The second kappa shape index (κ2) is 8.94. The third kappa shape index (κ3) is 4.81. The molecule has 1 amide bonds. The van der Waals surface area contributed by atoms with Crippen molar-refractivity contribution in [2.45, 2.75) is 6.42 Å². The average Bonchev–Trinajstić information content (AvgIpc) is 2.71. The van der Waals surface area contributed by atoms with Crippen LogP contribution in [0, 0.1) is 11.3 Å². The quantitative estimate of drug-likeness (QED) is 0.604. The molecule has 1 N–H and O–H groups in total. The Hall–Kier alpha value is -3.49. The molecule has 0 aromatic heterocycles. The lowest BCUT2D eigenvalue weighted by Gasteiger charge is -2.13. The van der Waals surface area contributed by atoms with Gasteiger partial charge in [0.15, 0.2) is 5.75 Å². The van der Waals surface area contributed by atoms with Gasteiger partial charge in [-0.1, -0.05) is 23.7 Å². The fraction of sp³-hybridized carbons (Fsp3) is 0.0909. The van der Waals surface area contributed by atoms with E-state index in [-0.39, 0.29) is 12.3 Å². The second-order valence-corrected chi connectivity index (χ2v) is 6.34. The number of carbonyl (C=O) groups is 1. The van der Waals surface area contributed by atoms with Crippen molar-refractivity contribution in [3.63, 3.8) is 0 Å². The Bertz CT molecular complexity index is 1030. The number of benzene rings is 3. The topological polar surface area (TPSA) is 71.3 Å². The third-order valence-electron chi connectivity index (χ3n) is 3.95. The Morgan fingerprint density at radius 3 is 2.54 bits per heavy atom. The van der Waals surface area contributed by atoms with Crippen molar-refractivity contribution in [2.75, 3.05) is 12.4 Å². The first-order valence-corrected chi connectivity index (χ1v) is 8.85. The van der Waals surface area contributed by atoms with Crippen LogP contribution in [0.25, 0.3) is 0 Å². The number of hydrogen-bond acceptors (Lipinski definition) is 4. The minimum Gasteiger partial charge on any atom is -0.497 e. The minimum absolute atomic E-state index is 0.240. The molecule has 3 rings (SSSR count). The molecule has 0 aliphatic rings. The number of methoxy groups -OCH3 is 1. The summed E-state index contributed by atoms with van der Waals surface area (Å²) >= 11 is 6.10. The number of halogens is 1. The lowest BCUT2D eigenvalue weighted by molar-refractivity contribution is 0.102. The van der Waals surface area contributed by atoms with Crippen LogP contribution in [0.1, 0.15) is 15.9 Å². The van der Waals surface area contributed by atoms with E-state index in [4.69, 9.17) is 26.3 Å². The van der Waals surface area contributed by atoms with E-state index in [2.05, 4.69) is 11.4 Å². The number of nitrogens with one attached hydrogen (secondary N) is 1. The van der Waals surface area contributed by atoms with Gasteiger partial charge in [-0.25, -0.2) is 0 Å². The third-order valence-corrected chi connectivity index (χ3v) is 4.18. The first-order chi connectivity index (χ1) is 13.6. The molecule has 0 fully saturated rings. The Kier molecular flexibility index (Phi) is 6.15. The van der Waals surface area contributed by atoms with E-state index < -0.39 is 0 Å². The Morgan fingerprint density at radius 2 is 1.82 bits per heavy atom. The van der Waals surface area contributed by atoms with Gasteiger partial charge in [0.25, 0.3) is 5.91 Å². The summed E-state index contributed by atoms with van der Waals surface area (Å²) in [6, 6.07) is 21.1. The van der Waals surface area contributed by atoms with E-state index in [1.54, 1.807) is 73.8 Å². The maximum Gasteiger partial charge on any atom is 0.255 e. The van der Waals surface area contributed by atoms with Gasteiger partial charge >= 0.3 is 0 Å². The molecule has 3 aromatic rings. The van der Waals surface area contributed by atoms with Gasteiger partial charge in [0.1, 0.15) is 11.5 Å². The van der Waals surface area contributed by atoms with Gasteiger partial charge in [-0.15, -0.1) is 0 Å². The summed E-state index contributed by atoms with van der Waals surface area (Å²) in [5.74, 6) is 1.45. The zero-order valence-electron chi connectivity index (χ0n) is 15.1. The number of ether oxygens (including phenoxy) is 2. The van der Waals surface area contributed by atoms with Gasteiger partial charge < -0.3 is 14.8 Å². The highest BCUT2D eigenvalue weighted by Gasteiger charge is 2.12. The van der Waals surface area contributed by atoms with Gasteiger partial charge in [-0.3, -0.25) is 4.79 Å². The molecule has 0 saturated heterocycles. The molecule has 6 heteroatoms. The predicted molar refractivity (Wildman–Crippen MR) is 108 cm³/mol. The van der Waals surface area contributed by atoms with Crippen LogP contribution in [0.4, 0.5) is 5.69 Å². The summed E-state index contributed by atoms with van der Waals surface area (Å²) in [6.07, 6.45) is 0.240. The SMILES string of the molecule is COc1ccc(Oc2ccc(Cl)cc2NC(=O)c2cccc(CC#N)c2)cc1. The molecule has 0 radical (unpaired) electrons. The molecule has 0 atom stereocenters. The minimum atomic E-state index is -0.318. The summed E-state index contributed by atoms with van der Waals surface area (Å²) in [5, 5.41) is 12.1. The lowest BCUT2D eigenvalue weighted by Crippen LogP contribution is -2.13. The van der Waals surface area contributed by atoms with Crippen molar-refractivity contribution < 1.29 is 14.3 Å². The number of hydrogen-bond donors (Lipinski definition) is 1. The van der Waals surface area contributed by atoms with Crippen LogP contribution in [-0.4, -0.2) is 13.0 Å². The number of anilines is 1. The van der Waals surface area contributed by atoms with Crippen LogP contribution in [0.15, 0.2) is 66.7 Å². The van der Waals surface area contributed by atoms with E-state index >= 15 is 0 Å². The van der Waals surface area contributed by atoms with Crippen LogP contribution in [0.5, 0.6) is 17.2 Å². The normalized spacial score (nSPS) is 10.0. The number of nitriles is 1. The first-order valence-electron chi connectivity index (χ1n) is 8.48. The Balaban J connectivity index is 1.83. The molecular formula is C22H17ClN2O3. The molecule has 0 aliphatic carbocycles. The van der Waals surface area contributed by atoms with Crippen molar-refractivity contribution in [3.8, 4) is 23.3 Å². The van der Waals surface area contributed by atoms with Crippen molar-refractivity contribution in [3.05, 3.63) is 82.9 Å². The van der Waals surface area contributed by atoms with Crippen LogP contribution in [0.3, 0.4) is 0 Å². The second-order valence-electron chi connectivity index (χ2n) is 5.91. The van der Waals surface area contributed by atoms with E-state index in [1.165, 1.54) is 0 Å². The van der Waals surface area contributed by atoms with Crippen molar-refractivity contribution in [1.82, 2.24) is 0 Å². The molecule has 0 heterocycles. The van der Waals surface area contributed by atoms with E-state index in [9.17, 15) is 4.79 Å². The average molecular weight is 393 g/mol. The van der Waals surface area contributed by atoms with Crippen LogP contribution < -0.4 is 14.8 Å². The molecule has 0 saturated carbocycles. The molecule has 28 heavy (non-hydrogen) atoms. The summed E-state index contributed by atoms with van der Waals surface area (Å²) in [5.41, 5.74) is 1.66. The predicted octanol–water partition coefficient (Wildman–Crippen LogP) is 5.46. The molecule has 0 bridgehead atoms. The smallest absolute Gasteiger partial charge is 0.255 e. The van der Waals surface area contributed by atoms with E-state index in [1.807, 2.05) is 0 Å². The molecule has 5 nitrogen and oxygen atoms in total. The maximum absolute atomic E-state index is 12.7. The standard InChI is InChI=1S/C22H17ClN2O3/c1-27-18-6-8-19(9-7-18)28-21-10-5-17(23)14-20(21)25-22(26)16-4-2-3-15(13-16)11-12-24/h2-10,13-14H,11H2,1H3,(H,25,26). The Morgan fingerprint density at radius 1 is 1.07 bits per heavy atom. The van der Waals surface area contributed by atoms with Crippen molar-refractivity contribution in [2.24, 2.45) is 0 Å². The van der Waals surface area contributed by atoms with E-state index in [0.29, 0.717) is 33.5 Å². The maximum atomic E-state index is 12.7. The van der Waals surface area contributed by atoms with E-state index in [0.717, 1.165) is 5.56 Å². The zero-order valence-corrected chi connectivity index (χ0v) is 15.9. The monoisotopic (exact) mass is 392 g/mol. The van der Waals surface area contributed by atoms with Crippen molar-refractivity contribution >= 4 is 23.2 Å². The largest absolute Gasteiger partial charge is 0.497 e. The number of rotatable bonds is 6. The molecule has 0 spiro atoms. The first kappa shape index (κ1) is 19.3. The molecule has 0 unspecified atom stereocenters. The fourth-order valence-electron chi connectivity index (χ4n) is 2.57. The highest BCUT2D eigenvalue weighted by atomic mass is 35.5. The van der Waals surface area contributed by atoms with Crippen LogP contribution in [-0.2, 0) is 6.42 Å². The Labute approximate surface area is 168 Å². The zero-order chi connectivity index (χ0) is 19.9. The van der Waals surface area contributed by atoms with Gasteiger partial charge in [0.2, 0.25) is 0 Å². The molecule has 3 aromatic carbocycles. The highest BCUT2D eigenvalue weighted by molar-refractivity contribution is 6.31. The molecule has 140 valence electrons. The van der Waals surface area contributed by atoms with Crippen LogP contribution in [0.2, 0.25) is 5.02 Å². The van der Waals surface area contributed by atoms with Crippen LogP contribution >= 0.6 is 11.6 Å². The fourth-order valence-corrected chi connectivity index (χ4v) is 2.74. The molecular weight excluding hydrogens is 376 g/mol. The lowest BCUT2D eigenvalue weighted by atomic mass is 10.1. The number of amides is 1. The van der Waals surface area contributed by atoms with Gasteiger partial charge in [-0.05, 0) is 60.2 Å². The summed E-state index contributed by atoms with van der Waals surface area (Å²) in [7, 11) is 1.59. The summed E-state index contributed by atoms with van der Waals surface area (Å²) in [4.78, 5) is 12.7. The highest BCUT2D eigenvalue weighted by Crippen LogP contribution is 2.33. The van der Waals surface area contributed by atoms with Gasteiger partial charge in [0, 0.05) is 10.6 Å². The summed E-state index contributed by atoms with van der Waals surface area (Å²) < 4.78 is 11.0. The van der Waals surface area contributed by atoms with Gasteiger partial charge in [-0.2, -0.15) is 5.26 Å². The molecule has 0 aliphatic heterocycles. The summed E-state index contributed by atoms with van der Waals surface area (Å²) in [6.45, 7) is 0. The van der Waals surface area contributed by atoms with Gasteiger partial charge in [0.05, 0.1) is 25.3 Å². The van der Waals surface area contributed by atoms with Crippen molar-refractivity contribution in [1.29, 1.82) is 5.26 Å².